The van der Waals surface area contributed by atoms with Crippen LogP contribution in [0.3, 0.4) is 0 Å². The van der Waals surface area contributed by atoms with Crippen LogP contribution in [0.4, 0.5) is 5.69 Å². The van der Waals surface area contributed by atoms with Gasteiger partial charge in [0.2, 0.25) is 0 Å². The van der Waals surface area contributed by atoms with E-state index < -0.39 is 8.07 Å². The molecule has 2 aromatic rings. The Balaban J connectivity index is 2.19. The summed E-state index contributed by atoms with van der Waals surface area (Å²) in [5.41, 5.74) is 3.52. The zero-order chi connectivity index (χ0) is 21.1. The van der Waals surface area contributed by atoms with Crippen molar-refractivity contribution >= 4 is 83.5 Å². The summed E-state index contributed by atoms with van der Waals surface area (Å²) >= 11 is 6.14. The minimum atomic E-state index is -2.42. The predicted molar refractivity (Wildman–Crippen MR) is 136 cm³/mol. The molecular formula is C22H21BrINO2SeSi. The van der Waals surface area contributed by atoms with Gasteiger partial charge in [0.1, 0.15) is 0 Å². The molecule has 0 saturated carbocycles. The van der Waals surface area contributed by atoms with Crippen LogP contribution in [0.1, 0.15) is 27.7 Å². The first kappa shape index (κ1) is 21.5. The Morgan fingerprint density at radius 2 is 1.86 bits per heavy atom. The zero-order valence-corrected chi connectivity index (χ0v) is 23.0. The number of ketones is 1. The number of phenolic OH excluding ortho intramolecular Hbond substituents is 1. The van der Waals surface area contributed by atoms with Gasteiger partial charge in [-0.2, -0.15) is 0 Å². The quantitative estimate of drug-likeness (QED) is 0.267. The van der Waals surface area contributed by atoms with E-state index in [-0.39, 0.29) is 20.3 Å². The molecule has 0 unspecified atom stereocenters. The summed E-state index contributed by atoms with van der Waals surface area (Å²) in [6, 6.07) is 5.88. The van der Waals surface area contributed by atoms with Crippen LogP contribution < -0.4 is 5.19 Å². The molecular weight excluding hydrogens is 624 g/mol. The Hall–Kier alpha value is -0.734. The Bertz CT molecular complexity index is 1120. The fraction of sp³-hybridized carbons (Fsp3) is 0.273. The van der Waals surface area contributed by atoms with Gasteiger partial charge >= 0.3 is 201 Å². The van der Waals surface area contributed by atoms with Crippen LogP contribution in [0, 0.1) is 3.57 Å². The standard InChI is InChI=1S/C22H21BrINO2SeSi/c1-11(2)29(12(3)4)18-9-13(26)5-6-15(18)25-16-7-8-17(27)20(22(16)29)21-14(24)10-19(23)28-21/h5-12,27H,1-4H3. The third kappa shape index (κ3) is 3.24. The van der Waals surface area contributed by atoms with Crippen molar-refractivity contribution in [1.29, 1.82) is 0 Å². The summed E-state index contributed by atoms with van der Waals surface area (Å²) in [4.78, 5) is 17.4. The van der Waals surface area contributed by atoms with E-state index in [1.807, 2.05) is 18.2 Å². The van der Waals surface area contributed by atoms with Gasteiger partial charge in [0.15, 0.2) is 0 Å². The van der Waals surface area contributed by atoms with Crippen molar-refractivity contribution in [3.63, 3.8) is 0 Å². The number of carbonyl (C=O) groups excluding carboxylic acids is 1. The molecule has 1 aromatic heterocycles. The van der Waals surface area contributed by atoms with Crippen molar-refractivity contribution in [2.45, 2.75) is 38.8 Å². The maximum atomic E-state index is 12.4. The molecule has 0 fully saturated rings. The van der Waals surface area contributed by atoms with Gasteiger partial charge < -0.3 is 0 Å². The molecule has 0 atom stereocenters. The van der Waals surface area contributed by atoms with Crippen molar-refractivity contribution in [3.8, 4) is 15.8 Å². The molecule has 2 heterocycles. The second-order valence-corrected chi connectivity index (χ2v) is 18.5. The average molecular weight is 645 g/mol. The predicted octanol–water partition coefficient (Wildman–Crippen LogP) is 5.65. The number of fused-ring (bicyclic) bond motifs is 2. The zero-order valence-electron chi connectivity index (χ0n) is 16.6. The van der Waals surface area contributed by atoms with Gasteiger partial charge in [0.25, 0.3) is 0 Å². The number of halogens is 2. The summed E-state index contributed by atoms with van der Waals surface area (Å²) in [6.07, 6.45) is 5.30. The monoisotopic (exact) mass is 645 g/mol. The molecule has 7 heteroatoms. The normalized spacial score (nSPS) is 17.3. The second kappa shape index (κ2) is 7.75. The van der Waals surface area contributed by atoms with Gasteiger partial charge in [0.05, 0.1) is 0 Å². The summed E-state index contributed by atoms with van der Waals surface area (Å²) in [5.74, 6) is 0.353. The first-order chi connectivity index (χ1) is 13.7. The number of rotatable bonds is 3. The van der Waals surface area contributed by atoms with Crippen LogP contribution in [0.2, 0.25) is 11.1 Å². The molecule has 1 aromatic carbocycles. The Labute approximate surface area is 200 Å². The van der Waals surface area contributed by atoms with Gasteiger partial charge in [-0.1, -0.05) is 0 Å². The molecule has 0 spiro atoms. The first-order valence-electron chi connectivity index (χ1n) is 9.52. The van der Waals surface area contributed by atoms with Crippen molar-refractivity contribution in [2.24, 2.45) is 4.99 Å². The van der Waals surface area contributed by atoms with E-state index in [2.05, 4.69) is 72.3 Å². The van der Waals surface area contributed by atoms with E-state index >= 15 is 0 Å². The van der Waals surface area contributed by atoms with Crippen LogP contribution in [-0.4, -0.2) is 39.2 Å². The van der Waals surface area contributed by atoms with Crippen molar-refractivity contribution in [2.75, 3.05) is 0 Å². The topological polar surface area (TPSA) is 49.7 Å². The van der Waals surface area contributed by atoms with Crippen LogP contribution in [0.15, 0.2) is 50.0 Å². The van der Waals surface area contributed by atoms with E-state index in [9.17, 15) is 9.90 Å². The summed E-state index contributed by atoms with van der Waals surface area (Å²) in [7, 11) is -2.42. The molecule has 29 heavy (non-hydrogen) atoms. The van der Waals surface area contributed by atoms with Crippen LogP contribution in [-0.2, 0) is 4.79 Å². The van der Waals surface area contributed by atoms with Gasteiger partial charge in [-0.15, -0.1) is 0 Å². The number of allylic oxidation sites excluding steroid dienone is 4. The van der Waals surface area contributed by atoms with Crippen molar-refractivity contribution in [3.05, 3.63) is 48.5 Å². The summed E-state index contributed by atoms with van der Waals surface area (Å²) in [6.45, 7) is 9.07. The SMILES string of the molecule is CC(C)[Si]1(C(C)C)C2=CC(=O)C=CC2=Nc2ccc(O)c(-c3[se]c(Br)cc3I)c21. The molecule has 0 amide bonds. The van der Waals surface area contributed by atoms with Crippen LogP contribution >= 0.6 is 38.5 Å². The van der Waals surface area contributed by atoms with E-state index in [4.69, 9.17) is 4.99 Å². The fourth-order valence-corrected chi connectivity index (χ4v) is 16.2. The molecule has 0 saturated heterocycles. The third-order valence-electron chi connectivity index (χ3n) is 5.93. The summed E-state index contributed by atoms with van der Waals surface area (Å²) < 4.78 is 3.55. The molecule has 1 aliphatic heterocycles. The van der Waals surface area contributed by atoms with Crippen LogP contribution in [0.25, 0.3) is 10.0 Å². The van der Waals surface area contributed by atoms with E-state index in [0.717, 1.165) is 25.7 Å². The summed E-state index contributed by atoms with van der Waals surface area (Å²) in [5, 5.41) is 13.4. The van der Waals surface area contributed by atoms with Crippen LogP contribution in [0.5, 0.6) is 5.75 Å². The number of aliphatic imine (C=N–C) groups is 1. The molecule has 1 aliphatic carbocycles. The van der Waals surface area contributed by atoms with Crippen molar-refractivity contribution < 1.29 is 9.90 Å². The second-order valence-electron chi connectivity index (χ2n) is 8.05. The molecule has 0 bridgehead atoms. The number of phenols is 1. The van der Waals surface area contributed by atoms with Gasteiger partial charge in [0, 0.05) is 0 Å². The van der Waals surface area contributed by atoms with Crippen molar-refractivity contribution in [1.82, 2.24) is 0 Å². The number of hydrogen-bond donors (Lipinski definition) is 1. The van der Waals surface area contributed by atoms with E-state index in [1.165, 1.54) is 13.0 Å². The van der Waals surface area contributed by atoms with Gasteiger partial charge in [-0.05, 0) is 0 Å². The number of hydrogen-bond acceptors (Lipinski definition) is 3. The first-order valence-corrected chi connectivity index (χ1v) is 15.3. The average Bonchev–Trinajstić information content (AvgIpc) is 2.97. The number of benzene rings is 1. The Morgan fingerprint density at radius 1 is 1.17 bits per heavy atom. The molecule has 4 rings (SSSR count). The molecule has 0 radical (unpaired) electrons. The molecule has 150 valence electrons. The molecule has 2 aliphatic rings. The fourth-order valence-electron chi connectivity index (χ4n) is 4.91. The van der Waals surface area contributed by atoms with E-state index in [1.54, 1.807) is 12.1 Å². The van der Waals surface area contributed by atoms with E-state index in [0.29, 0.717) is 16.8 Å². The number of aromatic hydroxyl groups is 1. The Morgan fingerprint density at radius 3 is 2.45 bits per heavy atom. The minimum absolute atomic E-state index is 0.0329. The van der Waals surface area contributed by atoms with Gasteiger partial charge in [-0.3, -0.25) is 0 Å². The van der Waals surface area contributed by atoms with Gasteiger partial charge in [-0.25, -0.2) is 0 Å². The number of nitrogens with zero attached hydrogens (tertiary/aromatic N) is 1. The number of carbonyl (C=O) groups is 1. The maximum absolute atomic E-state index is 12.4. The molecule has 3 nitrogen and oxygen atoms in total. The molecule has 1 N–H and O–H groups in total. The Kier molecular flexibility index (Phi) is 5.75. The third-order valence-corrected chi connectivity index (χ3v) is 16.9.